The fourth-order valence-electron chi connectivity index (χ4n) is 2.74. The molecule has 0 aliphatic carbocycles. The normalized spacial score (nSPS) is 11.1. The summed E-state index contributed by atoms with van der Waals surface area (Å²) in [5, 5.41) is 9.60. The fourth-order valence-corrected chi connectivity index (χ4v) is 2.74. The number of amides is 1. The highest BCUT2D eigenvalue weighted by Gasteiger charge is 2.15. The van der Waals surface area contributed by atoms with Crippen LogP contribution in [0.4, 0.5) is 30.5 Å². The van der Waals surface area contributed by atoms with Crippen LogP contribution in [0, 0.1) is 5.82 Å². The Labute approximate surface area is 167 Å². The van der Waals surface area contributed by atoms with Crippen LogP contribution in [0.25, 0.3) is 17.0 Å². The van der Waals surface area contributed by atoms with Gasteiger partial charge in [-0.05, 0) is 24.3 Å². The molecule has 0 saturated carbocycles. The molecular weight excluding hydrogens is 399 g/mol. The number of carbonyl (C=O) groups is 1. The smallest absolute Gasteiger partial charge is 0.280 e. The lowest BCUT2D eigenvalue weighted by molar-refractivity contribution is -0.114. The number of fused-ring (bicyclic) bond motifs is 1. The van der Waals surface area contributed by atoms with Crippen LogP contribution < -0.4 is 10.6 Å². The van der Waals surface area contributed by atoms with Gasteiger partial charge in [0.25, 0.3) is 6.43 Å². The van der Waals surface area contributed by atoms with E-state index in [2.05, 4.69) is 30.7 Å². The average molecular weight is 413 g/mol. The highest BCUT2D eigenvalue weighted by Crippen LogP contribution is 2.26. The van der Waals surface area contributed by atoms with E-state index in [-0.39, 0.29) is 34.7 Å². The van der Waals surface area contributed by atoms with E-state index in [0.29, 0.717) is 5.52 Å². The zero-order chi connectivity index (χ0) is 21.3. The summed E-state index contributed by atoms with van der Waals surface area (Å²) in [4.78, 5) is 23.3. The monoisotopic (exact) mass is 413 g/mol. The molecule has 2 N–H and O–H groups in total. The van der Waals surface area contributed by atoms with Crippen LogP contribution in [-0.2, 0) is 4.79 Å². The van der Waals surface area contributed by atoms with Crippen LogP contribution in [0.2, 0.25) is 0 Å². The summed E-state index contributed by atoms with van der Waals surface area (Å²) in [7, 11) is 0. The summed E-state index contributed by atoms with van der Waals surface area (Å²) in [6.07, 6.45) is -0.150. The number of nitrogens with zero attached hydrogens (tertiary/aromatic N) is 5. The predicted molar refractivity (Wildman–Crippen MR) is 103 cm³/mol. The standard InChI is InChI=1S/C19H14F3N7O/c1-10(30)24-16-8-14(11(20)9-23-16)26-19-15-6-3-7-29(15)28-18(27-19)13-5-2-4-12(25-13)17(21)22/h2-9,17H,1H3,(H2,23,24,26,27,28,30). The number of alkyl halides is 2. The van der Waals surface area contributed by atoms with Gasteiger partial charge in [-0.1, -0.05) is 6.07 Å². The zero-order valence-corrected chi connectivity index (χ0v) is 15.5. The molecule has 0 saturated heterocycles. The molecule has 1 amide bonds. The second-order valence-corrected chi connectivity index (χ2v) is 6.23. The van der Waals surface area contributed by atoms with Crippen molar-refractivity contribution in [2.75, 3.05) is 10.6 Å². The largest absolute Gasteiger partial charge is 0.336 e. The Hall–Kier alpha value is -4.02. The summed E-state index contributed by atoms with van der Waals surface area (Å²) < 4.78 is 41.8. The van der Waals surface area contributed by atoms with Crippen molar-refractivity contribution in [1.82, 2.24) is 24.6 Å². The lowest BCUT2D eigenvalue weighted by atomic mass is 10.3. The zero-order valence-electron chi connectivity index (χ0n) is 15.5. The molecule has 0 aliphatic heterocycles. The molecule has 0 fully saturated rings. The van der Waals surface area contributed by atoms with Crippen LogP contribution in [0.5, 0.6) is 0 Å². The van der Waals surface area contributed by atoms with Gasteiger partial charge >= 0.3 is 0 Å². The van der Waals surface area contributed by atoms with Crippen molar-refractivity contribution in [2.24, 2.45) is 0 Å². The molecule has 4 aromatic heterocycles. The second kappa shape index (κ2) is 7.78. The highest BCUT2D eigenvalue weighted by atomic mass is 19.3. The molecule has 8 nitrogen and oxygen atoms in total. The number of anilines is 3. The van der Waals surface area contributed by atoms with Gasteiger partial charge in [-0.15, -0.1) is 5.10 Å². The number of rotatable bonds is 5. The molecule has 4 aromatic rings. The van der Waals surface area contributed by atoms with Gasteiger partial charge in [0, 0.05) is 19.2 Å². The molecule has 0 radical (unpaired) electrons. The molecule has 0 unspecified atom stereocenters. The van der Waals surface area contributed by atoms with Gasteiger partial charge in [0.1, 0.15) is 22.7 Å². The van der Waals surface area contributed by atoms with Crippen molar-refractivity contribution in [2.45, 2.75) is 13.3 Å². The van der Waals surface area contributed by atoms with Crippen molar-refractivity contribution >= 4 is 28.7 Å². The maximum absolute atomic E-state index is 14.3. The molecule has 152 valence electrons. The van der Waals surface area contributed by atoms with Crippen LogP contribution in [0.15, 0.2) is 48.8 Å². The number of pyridine rings is 2. The van der Waals surface area contributed by atoms with E-state index in [0.717, 1.165) is 6.20 Å². The average Bonchev–Trinajstić information content (AvgIpc) is 3.19. The molecule has 0 aromatic carbocycles. The molecule has 0 bridgehead atoms. The van der Waals surface area contributed by atoms with E-state index in [1.165, 1.54) is 35.7 Å². The Morgan fingerprint density at radius 3 is 2.77 bits per heavy atom. The number of nitrogens with one attached hydrogen (secondary N) is 2. The topological polar surface area (TPSA) is 97.1 Å². The van der Waals surface area contributed by atoms with Crippen molar-refractivity contribution in [3.63, 3.8) is 0 Å². The summed E-state index contributed by atoms with van der Waals surface area (Å²) in [6.45, 7) is 1.31. The Morgan fingerprint density at radius 2 is 2.00 bits per heavy atom. The molecule has 0 spiro atoms. The minimum Gasteiger partial charge on any atom is -0.336 e. The number of hydrogen-bond donors (Lipinski definition) is 2. The Bertz CT molecular complexity index is 1240. The van der Waals surface area contributed by atoms with E-state index < -0.39 is 17.9 Å². The lowest BCUT2D eigenvalue weighted by Crippen LogP contribution is -2.09. The van der Waals surface area contributed by atoms with E-state index in [1.807, 2.05) is 0 Å². The van der Waals surface area contributed by atoms with E-state index in [4.69, 9.17) is 0 Å². The van der Waals surface area contributed by atoms with Crippen molar-refractivity contribution in [3.8, 4) is 11.5 Å². The highest BCUT2D eigenvalue weighted by molar-refractivity contribution is 5.88. The Balaban J connectivity index is 1.78. The van der Waals surface area contributed by atoms with E-state index >= 15 is 0 Å². The molecule has 4 heterocycles. The van der Waals surface area contributed by atoms with Crippen LogP contribution in [0.1, 0.15) is 19.0 Å². The molecular formula is C19H14F3N7O. The molecule has 4 rings (SSSR count). The minimum absolute atomic E-state index is 0.00999. The molecule has 0 atom stereocenters. The Morgan fingerprint density at radius 1 is 1.17 bits per heavy atom. The van der Waals surface area contributed by atoms with E-state index in [1.54, 1.807) is 18.3 Å². The number of halogens is 3. The van der Waals surface area contributed by atoms with Crippen LogP contribution in [-0.4, -0.2) is 30.5 Å². The van der Waals surface area contributed by atoms with Crippen molar-refractivity contribution in [3.05, 3.63) is 60.3 Å². The molecule has 11 heteroatoms. The van der Waals surface area contributed by atoms with Gasteiger partial charge in [-0.3, -0.25) is 4.79 Å². The predicted octanol–water partition coefficient (Wildman–Crippen LogP) is 3.97. The van der Waals surface area contributed by atoms with Crippen molar-refractivity contribution in [1.29, 1.82) is 0 Å². The van der Waals surface area contributed by atoms with Gasteiger partial charge in [0.05, 0.1) is 11.9 Å². The van der Waals surface area contributed by atoms with Gasteiger partial charge in [0.2, 0.25) is 11.7 Å². The first kappa shape index (κ1) is 19.3. The van der Waals surface area contributed by atoms with Gasteiger partial charge in [-0.2, -0.15) is 0 Å². The first-order valence-electron chi connectivity index (χ1n) is 8.72. The first-order valence-corrected chi connectivity index (χ1v) is 8.72. The van der Waals surface area contributed by atoms with Gasteiger partial charge in [0.15, 0.2) is 11.6 Å². The van der Waals surface area contributed by atoms with Crippen LogP contribution in [0.3, 0.4) is 0 Å². The second-order valence-electron chi connectivity index (χ2n) is 6.23. The fraction of sp³-hybridized carbons (Fsp3) is 0.105. The molecule has 0 aliphatic rings. The number of carbonyl (C=O) groups excluding carboxylic acids is 1. The summed E-state index contributed by atoms with van der Waals surface area (Å²) >= 11 is 0. The molecule has 30 heavy (non-hydrogen) atoms. The minimum atomic E-state index is -2.74. The summed E-state index contributed by atoms with van der Waals surface area (Å²) in [5.41, 5.74) is 0.260. The first-order chi connectivity index (χ1) is 14.4. The summed E-state index contributed by atoms with van der Waals surface area (Å²) in [5.74, 6) is -0.595. The third-order valence-electron chi connectivity index (χ3n) is 4.03. The van der Waals surface area contributed by atoms with Gasteiger partial charge < -0.3 is 10.6 Å². The maximum Gasteiger partial charge on any atom is 0.280 e. The van der Waals surface area contributed by atoms with Gasteiger partial charge in [-0.25, -0.2) is 32.6 Å². The SMILES string of the molecule is CC(=O)Nc1cc(Nc2nc(-c3cccc(C(F)F)n3)nn3cccc23)c(F)cn1. The quantitative estimate of drug-likeness (QED) is 0.514. The Kier molecular flexibility index (Phi) is 5.00. The third-order valence-corrected chi connectivity index (χ3v) is 4.03. The number of hydrogen-bond acceptors (Lipinski definition) is 6. The third kappa shape index (κ3) is 3.90. The van der Waals surface area contributed by atoms with E-state index in [9.17, 15) is 18.0 Å². The lowest BCUT2D eigenvalue weighted by Gasteiger charge is -2.12. The van der Waals surface area contributed by atoms with Crippen molar-refractivity contribution < 1.29 is 18.0 Å². The summed E-state index contributed by atoms with van der Waals surface area (Å²) in [6, 6.07) is 8.85. The van der Waals surface area contributed by atoms with Crippen LogP contribution >= 0.6 is 0 Å². The maximum atomic E-state index is 14.3. The number of aromatic nitrogens is 5.